The highest BCUT2D eigenvalue weighted by Crippen LogP contribution is 2.39. The standard InChI is InChI=1S/C18H20O4/c1-2-3-12-18(17(21)22,13-4-8-15(19)9-5-13)14-6-10-16(20)11-7-14/h4-11,19-20H,2-3,12H2,1H3,(H,21,22). The number of hydrogen-bond acceptors (Lipinski definition) is 3. The summed E-state index contributed by atoms with van der Waals surface area (Å²) >= 11 is 0. The van der Waals surface area contributed by atoms with Crippen molar-refractivity contribution < 1.29 is 20.1 Å². The first-order valence-electron chi connectivity index (χ1n) is 7.33. The predicted octanol–water partition coefficient (Wildman–Crippen LogP) is 3.66. The first-order valence-corrected chi connectivity index (χ1v) is 7.33. The fourth-order valence-electron chi connectivity index (χ4n) is 2.74. The molecular weight excluding hydrogens is 280 g/mol. The molecule has 0 radical (unpaired) electrons. The number of carbonyl (C=O) groups is 1. The van der Waals surface area contributed by atoms with Crippen LogP contribution in [0.4, 0.5) is 0 Å². The number of carboxylic acids is 1. The lowest BCUT2D eigenvalue weighted by molar-refractivity contribution is -0.142. The van der Waals surface area contributed by atoms with E-state index in [1.807, 2.05) is 6.92 Å². The topological polar surface area (TPSA) is 77.8 Å². The largest absolute Gasteiger partial charge is 0.508 e. The number of phenols is 2. The Hall–Kier alpha value is -2.49. The first-order chi connectivity index (χ1) is 10.5. The molecule has 2 aromatic rings. The second-order valence-corrected chi connectivity index (χ2v) is 5.41. The molecule has 0 aliphatic heterocycles. The highest BCUT2D eigenvalue weighted by Gasteiger charge is 2.41. The molecule has 0 unspecified atom stereocenters. The van der Waals surface area contributed by atoms with Gasteiger partial charge in [0.15, 0.2) is 0 Å². The summed E-state index contributed by atoms with van der Waals surface area (Å²) in [6.07, 6.45) is 2.09. The van der Waals surface area contributed by atoms with Crippen LogP contribution < -0.4 is 0 Å². The van der Waals surface area contributed by atoms with Crippen LogP contribution in [0.1, 0.15) is 37.3 Å². The van der Waals surface area contributed by atoms with Crippen molar-refractivity contribution in [2.75, 3.05) is 0 Å². The van der Waals surface area contributed by atoms with Crippen molar-refractivity contribution in [2.24, 2.45) is 0 Å². The van der Waals surface area contributed by atoms with Crippen LogP contribution in [0.3, 0.4) is 0 Å². The summed E-state index contributed by atoms with van der Waals surface area (Å²) < 4.78 is 0. The molecule has 0 aliphatic carbocycles. The molecule has 2 rings (SSSR count). The molecule has 0 atom stereocenters. The molecule has 116 valence electrons. The molecule has 0 spiro atoms. The first kappa shape index (κ1) is 15.9. The van der Waals surface area contributed by atoms with Gasteiger partial charge in [-0.1, -0.05) is 44.0 Å². The normalized spacial score (nSPS) is 11.3. The van der Waals surface area contributed by atoms with Gasteiger partial charge in [0.25, 0.3) is 0 Å². The Morgan fingerprint density at radius 3 is 1.64 bits per heavy atom. The van der Waals surface area contributed by atoms with Gasteiger partial charge < -0.3 is 15.3 Å². The lowest BCUT2D eigenvalue weighted by atomic mass is 9.71. The van der Waals surface area contributed by atoms with Gasteiger partial charge in [-0.3, -0.25) is 4.79 Å². The lowest BCUT2D eigenvalue weighted by Gasteiger charge is -2.31. The zero-order valence-corrected chi connectivity index (χ0v) is 12.5. The monoisotopic (exact) mass is 300 g/mol. The number of hydrogen-bond donors (Lipinski definition) is 3. The average molecular weight is 300 g/mol. The molecule has 4 nitrogen and oxygen atoms in total. The summed E-state index contributed by atoms with van der Waals surface area (Å²) in [4.78, 5) is 12.2. The maximum atomic E-state index is 12.2. The van der Waals surface area contributed by atoms with Crippen molar-refractivity contribution in [3.63, 3.8) is 0 Å². The number of rotatable bonds is 6. The lowest BCUT2D eigenvalue weighted by Crippen LogP contribution is -2.37. The maximum absolute atomic E-state index is 12.2. The number of aromatic hydroxyl groups is 2. The fraction of sp³-hybridized carbons (Fsp3) is 0.278. The molecule has 0 aliphatic rings. The van der Waals surface area contributed by atoms with E-state index in [1.54, 1.807) is 24.3 Å². The Morgan fingerprint density at radius 1 is 0.909 bits per heavy atom. The smallest absolute Gasteiger partial charge is 0.318 e. The molecule has 22 heavy (non-hydrogen) atoms. The second kappa shape index (κ2) is 6.52. The molecule has 3 N–H and O–H groups in total. The molecule has 0 bridgehead atoms. The molecule has 4 heteroatoms. The minimum Gasteiger partial charge on any atom is -0.508 e. The predicted molar refractivity (Wildman–Crippen MR) is 84.2 cm³/mol. The van der Waals surface area contributed by atoms with Crippen LogP contribution in [0.5, 0.6) is 11.5 Å². The van der Waals surface area contributed by atoms with Gasteiger partial charge in [0, 0.05) is 0 Å². The molecule has 0 amide bonds. The Morgan fingerprint density at radius 2 is 1.32 bits per heavy atom. The van der Waals surface area contributed by atoms with E-state index in [0.717, 1.165) is 12.8 Å². The summed E-state index contributed by atoms with van der Waals surface area (Å²) in [5.41, 5.74) is 0.0612. The molecule has 0 fully saturated rings. The van der Waals surface area contributed by atoms with Crippen molar-refractivity contribution >= 4 is 5.97 Å². The Labute approximate surface area is 129 Å². The van der Waals surface area contributed by atoms with Crippen molar-refractivity contribution in [3.05, 3.63) is 59.7 Å². The van der Waals surface area contributed by atoms with E-state index >= 15 is 0 Å². The summed E-state index contributed by atoms with van der Waals surface area (Å²) in [7, 11) is 0. The number of unbranched alkanes of at least 4 members (excludes halogenated alkanes) is 1. The molecule has 0 aromatic heterocycles. The van der Waals surface area contributed by atoms with E-state index < -0.39 is 11.4 Å². The summed E-state index contributed by atoms with van der Waals surface area (Å²) in [5.74, 6) is -0.731. The molecule has 0 saturated carbocycles. The van der Waals surface area contributed by atoms with Gasteiger partial charge >= 0.3 is 5.97 Å². The van der Waals surface area contributed by atoms with Crippen LogP contribution in [0.2, 0.25) is 0 Å². The van der Waals surface area contributed by atoms with Crippen LogP contribution >= 0.6 is 0 Å². The molecule has 0 saturated heterocycles. The van der Waals surface area contributed by atoms with Crippen molar-refractivity contribution in [1.82, 2.24) is 0 Å². The SMILES string of the molecule is CCCCC(C(=O)O)(c1ccc(O)cc1)c1ccc(O)cc1. The Balaban J connectivity index is 2.62. The zero-order valence-electron chi connectivity index (χ0n) is 12.5. The van der Waals surface area contributed by atoms with E-state index in [1.165, 1.54) is 24.3 Å². The van der Waals surface area contributed by atoms with E-state index in [0.29, 0.717) is 17.5 Å². The minimum atomic E-state index is -1.18. The molecule has 0 heterocycles. The van der Waals surface area contributed by atoms with Gasteiger partial charge in [-0.25, -0.2) is 0 Å². The molecule has 2 aromatic carbocycles. The summed E-state index contributed by atoms with van der Waals surface area (Å²) in [5, 5.41) is 28.9. The van der Waals surface area contributed by atoms with E-state index in [9.17, 15) is 20.1 Å². The van der Waals surface area contributed by atoms with E-state index in [4.69, 9.17) is 0 Å². The Kier molecular flexibility index (Phi) is 4.71. The van der Waals surface area contributed by atoms with Gasteiger partial charge in [-0.05, 0) is 41.8 Å². The average Bonchev–Trinajstić information content (AvgIpc) is 2.50. The third-order valence-corrected chi connectivity index (χ3v) is 3.99. The minimum absolute atomic E-state index is 0.101. The van der Waals surface area contributed by atoms with E-state index in [2.05, 4.69) is 0 Å². The van der Waals surface area contributed by atoms with E-state index in [-0.39, 0.29) is 11.5 Å². The summed E-state index contributed by atoms with van der Waals surface area (Å²) in [6, 6.07) is 12.6. The van der Waals surface area contributed by atoms with Gasteiger partial charge in [-0.15, -0.1) is 0 Å². The van der Waals surface area contributed by atoms with Crippen molar-refractivity contribution in [2.45, 2.75) is 31.6 Å². The van der Waals surface area contributed by atoms with Crippen LogP contribution in [-0.2, 0) is 10.2 Å². The highest BCUT2D eigenvalue weighted by molar-refractivity contribution is 5.86. The quantitative estimate of drug-likeness (QED) is 0.761. The second-order valence-electron chi connectivity index (χ2n) is 5.41. The number of phenolic OH excluding ortho intramolecular Hbond substituents is 2. The summed E-state index contributed by atoms with van der Waals surface area (Å²) in [6.45, 7) is 2.01. The van der Waals surface area contributed by atoms with Gasteiger partial charge in [0.05, 0.1) is 0 Å². The van der Waals surface area contributed by atoms with Crippen molar-refractivity contribution in [3.8, 4) is 11.5 Å². The number of benzene rings is 2. The fourth-order valence-corrected chi connectivity index (χ4v) is 2.74. The highest BCUT2D eigenvalue weighted by atomic mass is 16.4. The van der Waals surface area contributed by atoms with Crippen molar-refractivity contribution in [1.29, 1.82) is 0 Å². The van der Waals surface area contributed by atoms with Crippen LogP contribution in [-0.4, -0.2) is 21.3 Å². The third-order valence-electron chi connectivity index (χ3n) is 3.99. The number of aliphatic carboxylic acids is 1. The van der Waals surface area contributed by atoms with Crippen LogP contribution in [0.15, 0.2) is 48.5 Å². The number of carboxylic acid groups (broad SMARTS) is 1. The third kappa shape index (κ3) is 2.91. The molecular formula is C18H20O4. The van der Waals surface area contributed by atoms with Gasteiger partial charge in [0.2, 0.25) is 0 Å². The zero-order chi connectivity index (χ0) is 16.2. The van der Waals surface area contributed by atoms with Gasteiger partial charge in [-0.2, -0.15) is 0 Å². The van der Waals surface area contributed by atoms with Gasteiger partial charge in [0.1, 0.15) is 16.9 Å². The maximum Gasteiger partial charge on any atom is 0.318 e. The van der Waals surface area contributed by atoms with Crippen LogP contribution in [0.25, 0.3) is 0 Å². The van der Waals surface area contributed by atoms with Crippen LogP contribution in [0, 0.1) is 0 Å². The Bertz CT molecular complexity index is 584.